The minimum absolute atomic E-state index is 0.217. The lowest BCUT2D eigenvalue weighted by molar-refractivity contribution is -0.160. The largest absolute Gasteiger partial charge is 0.398 e. The van der Waals surface area contributed by atoms with Crippen molar-refractivity contribution in [3.05, 3.63) is 35.9 Å². The van der Waals surface area contributed by atoms with Crippen molar-refractivity contribution in [1.82, 2.24) is 0 Å². The highest BCUT2D eigenvalue weighted by Gasteiger charge is 2.63. The van der Waals surface area contributed by atoms with E-state index in [1.807, 2.05) is 0 Å². The van der Waals surface area contributed by atoms with Gasteiger partial charge in [0.05, 0.1) is 5.41 Å². The van der Waals surface area contributed by atoms with Crippen molar-refractivity contribution >= 4 is 0 Å². The molecule has 3 heteroatoms. The summed E-state index contributed by atoms with van der Waals surface area (Å²) in [5.74, 6) is 0. The van der Waals surface area contributed by atoms with E-state index in [1.165, 1.54) is 12.1 Å². The number of hydrogen-bond donors (Lipinski definition) is 0. The molecule has 0 N–H and O–H groups in total. The fourth-order valence-electron chi connectivity index (χ4n) is 1.55. The van der Waals surface area contributed by atoms with E-state index in [2.05, 4.69) is 6.07 Å². The summed E-state index contributed by atoms with van der Waals surface area (Å²) in [6, 6.07) is 8.84. The van der Waals surface area contributed by atoms with E-state index in [0.29, 0.717) is 5.56 Å². The number of rotatable bonds is 1. The number of halogens is 3. The van der Waals surface area contributed by atoms with Crippen LogP contribution in [0.25, 0.3) is 0 Å². The molecule has 0 aliphatic heterocycles. The normalized spacial score (nSPS) is 19.9. The number of hydrogen-bond acceptors (Lipinski definition) is 0. The Morgan fingerprint density at radius 2 is 2.00 bits per heavy atom. The molecule has 13 heavy (non-hydrogen) atoms. The van der Waals surface area contributed by atoms with E-state index < -0.39 is 11.6 Å². The fourth-order valence-corrected chi connectivity index (χ4v) is 1.55. The zero-order valence-corrected chi connectivity index (χ0v) is 6.86. The van der Waals surface area contributed by atoms with Gasteiger partial charge < -0.3 is 0 Å². The first kappa shape index (κ1) is 8.60. The molecule has 0 saturated heterocycles. The molecule has 0 nitrogen and oxygen atoms in total. The second-order valence-corrected chi connectivity index (χ2v) is 3.37. The summed E-state index contributed by atoms with van der Waals surface area (Å²) in [5, 5.41) is 0. The maximum Gasteiger partial charge on any atom is 0.398 e. The molecule has 1 radical (unpaired) electrons. The summed E-state index contributed by atoms with van der Waals surface area (Å²) >= 11 is 0. The zero-order chi connectivity index (χ0) is 9.53. The predicted octanol–water partition coefficient (Wildman–Crippen LogP) is 3.08. The van der Waals surface area contributed by atoms with Crippen LogP contribution in [0.4, 0.5) is 13.2 Å². The molecule has 1 aliphatic rings. The van der Waals surface area contributed by atoms with Gasteiger partial charge in [0.15, 0.2) is 0 Å². The summed E-state index contributed by atoms with van der Waals surface area (Å²) < 4.78 is 37.7. The molecule has 1 saturated carbocycles. The van der Waals surface area contributed by atoms with Gasteiger partial charge in [-0.2, -0.15) is 13.2 Å². The van der Waals surface area contributed by atoms with E-state index in [1.54, 1.807) is 12.1 Å². The monoisotopic (exact) mass is 185 g/mol. The van der Waals surface area contributed by atoms with Gasteiger partial charge in [0.2, 0.25) is 0 Å². The predicted molar refractivity (Wildman–Crippen MR) is 42.2 cm³/mol. The summed E-state index contributed by atoms with van der Waals surface area (Å²) in [7, 11) is 0. The molecule has 0 spiro atoms. The van der Waals surface area contributed by atoms with Crippen LogP contribution in [-0.4, -0.2) is 6.18 Å². The molecular weight excluding hydrogens is 177 g/mol. The Bertz CT molecular complexity index is 296. The van der Waals surface area contributed by atoms with Crippen LogP contribution < -0.4 is 0 Å². The second kappa shape index (κ2) is 2.50. The van der Waals surface area contributed by atoms with Crippen LogP contribution in [0.5, 0.6) is 0 Å². The van der Waals surface area contributed by atoms with Crippen LogP contribution >= 0.6 is 0 Å². The number of benzene rings is 1. The molecule has 0 heterocycles. The van der Waals surface area contributed by atoms with E-state index in [9.17, 15) is 13.2 Å². The minimum atomic E-state index is -4.11. The molecule has 0 amide bonds. The van der Waals surface area contributed by atoms with Crippen molar-refractivity contribution < 1.29 is 13.2 Å². The van der Waals surface area contributed by atoms with Crippen molar-refractivity contribution in [1.29, 1.82) is 0 Å². The van der Waals surface area contributed by atoms with Crippen LogP contribution in [0.3, 0.4) is 0 Å². The Morgan fingerprint density at radius 1 is 1.31 bits per heavy atom. The molecule has 0 atom stereocenters. The fraction of sp³-hybridized carbons (Fsp3) is 0.400. The van der Waals surface area contributed by atoms with Crippen molar-refractivity contribution in [2.75, 3.05) is 0 Å². The van der Waals surface area contributed by atoms with E-state index in [4.69, 9.17) is 0 Å². The standard InChI is InChI=1S/C10H8F3/c11-10(12,13)9(6-7-9)8-4-2-1-3-5-8/h1-2,4-5H,6-7H2. The molecule has 1 fully saturated rings. The molecule has 69 valence electrons. The van der Waals surface area contributed by atoms with Crippen molar-refractivity contribution in [3.63, 3.8) is 0 Å². The smallest absolute Gasteiger partial charge is 0.170 e. The van der Waals surface area contributed by atoms with Crippen LogP contribution in [0.1, 0.15) is 18.4 Å². The molecule has 0 bridgehead atoms. The van der Waals surface area contributed by atoms with Crippen molar-refractivity contribution in [2.24, 2.45) is 0 Å². The highest BCUT2D eigenvalue weighted by Crippen LogP contribution is 2.58. The molecule has 1 aromatic carbocycles. The summed E-state index contributed by atoms with van der Waals surface area (Å²) in [6.07, 6.45) is -3.68. The van der Waals surface area contributed by atoms with Crippen LogP contribution in [-0.2, 0) is 5.41 Å². The highest BCUT2D eigenvalue weighted by molar-refractivity contribution is 5.32. The molecule has 1 aliphatic carbocycles. The molecule has 0 unspecified atom stereocenters. The average molecular weight is 185 g/mol. The van der Waals surface area contributed by atoms with Gasteiger partial charge in [-0.05, 0) is 24.5 Å². The Labute approximate surface area is 74.4 Å². The third-order valence-corrected chi connectivity index (χ3v) is 2.55. The van der Waals surface area contributed by atoms with Gasteiger partial charge in [-0.25, -0.2) is 0 Å². The van der Waals surface area contributed by atoms with Gasteiger partial charge in [0.25, 0.3) is 0 Å². The maximum absolute atomic E-state index is 12.6. The van der Waals surface area contributed by atoms with Crippen molar-refractivity contribution in [3.8, 4) is 0 Å². The lowest BCUT2D eigenvalue weighted by Gasteiger charge is -2.19. The summed E-state index contributed by atoms with van der Waals surface area (Å²) in [4.78, 5) is 0. The van der Waals surface area contributed by atoms with Gasteiger partial charge >= 0.3 is 6.18 Å². The third kappa shape index (κ3) is 1.23. The molecule has 0 aromatic heterocycles. The van der Waals surface area contributed by atoms with Gasteiger partial charge in [0, 0.05) is 0 Å². The Morgan fingerprint density at radius 3 is 2.38 bits per heavy atom. The Kier molecular flexibility index (Phi) is 1.65. The highest BCUT2D eigenvalue weighted by atomic mass is 19.4. The first-order chi connectivity index (χ1) is 6.06. The summed E-state index contributed by atoms with van der Waals surface area (Å²) in [5.41, 5.74) is -1.20. The lowest BCUT2D eigenvalue weighted by Crippen LogP contribution is -2.28. The lowest BCUT2D eigenvalue weighted by atomic mass is 9.96. The molecule has 2 rings (SSSR count). The van der Waals surface area contributed by atoms with E-state index in [0.717, 1.165) is 0 Å². The molecular formula is C10H8F3. The SMILES string of the molecule is FC(F)(F)C1(c2c[c]ccc2)CC1. The van der Waals surface area contributed by atoms with Gasteiger partial charge in [0.1, 0.15) is 0 Å². The Balaban J connectivity index is 2.37. The van der Waals surface area contributed by atoms with Crippen LogP contribution in [0.2, 0.25) is 0 Å². The second-order valence-electron chi connectivity index (χ2n) is 3.37. The quantitative estimate of drug-likeness (QED) is 0.630. The van der Waals surface area contributed by atoms with Gasteiger partial charge in [-0.15, -0.1) is 0 Å². The minimum Gasteiger partial charge on any atom is -0.170 e. The zero-order valence-electron chi connectivity index (χ0n) is 6.86. The average Bonchev–Trinajstić information content (AvgIpc) is 2.84. The molecule has 1 aromatic rings. The first-order valence-corrected chi connectivity index (χ1v) is 4.10. The maximum atomic E-state index is 12.6. The summed E-state index contributed by atoms with van der Waals surface area (Å²) in [6.45, 7) is 0. The number of alkyl halides is 3. The van der Waals surface area contributed by atoms with Crippen molar-refractivity contribution in [2.45, 2.75) is 24.4 Å². The Hall–Kier alpha value is -0.990. The topological polar surface area (TPSA) is 0 Å². The van der Waals surface area contributed by atoms with Crippen LogP contribution in [0, 0.1) is 6.07 Å². The first-order valence-electron chi connectivity index (χ1n) is 4.10. The van der Waals surface area contributed by atoms with Gasteiger partial charge in [-0.1, -0.05) is 24.3 Å². The van der Waals surface area contributed by atoms with E-state index >= 15 is 0 Å². The van der Waals surface area contributed by atoms with Crippen LogP contribution in [0.15, 0.2) is 24.3 Å². The van der Waals surface area contributed by atoms with Gasteiger partial charge in [-0.3, -0.25) is 0 Å². The van der Waals surface area contributed by atoms with E-state index in [-0.39, 0.29) is 12.8 Å². The third-order valence-electron chi connectivity index (χ3n) is 2.55.